The van der Waals surface area contributed by atoms with Crippen LogP contribution in [-0.4, -0.2) is 25.0 Å². The number of fused-ring (bicyclic) bond motifs is 1. The highest BCUT2D eigenvalue weighted by Gasteiger charge is 2.24. The van der Waals surface area contributed by atoms with Crippen LogP contribution in [0.4, 0.5) is 5.69 Å². The molecule has 0 saturated heterocycles. The molecule has 4 heteroatoms. The van der Waals surface area contributed by atoms with E-state index in [4.69, 9.17) is 11.6 Å². The molecule has 25 heavy (non-hydrogen) atoms. The summed E-state index contributed by atoms with van der Waals surface area (Å²) in [6.45, 7) is 3.98. The summed E-state index contributed by atoms with van der Waals surface area (Å²) >= 11 is 5.87. The zero-order valence-electron chi connectivity index (χ0n) is 14.7. The van der Waals surface area contributed by atoms with Gasteiger partial charge in [-0.3, -0.25) is 4.79 Å². The fraction of sp³-hybridized carbons (Fsp3) is 0.381. The Morgan fingerprint density at radius 3 is 2.76 bits per heavy atom. The van der Waals surface area contributed by atoms with Crippen molar-refractivity contribution in [3.05, 3.63) is 64.7 Å². The monoisotopic (exact) mass is 356 g/mol. The van der Waals surface area contributed by atoms with E-state index in [9.17, 15) is 4.79 Å². The Labute approximate surface area is 155 Å². The first kappa shape index (κ1) is 17.8. The average Bonchev–Trinajstić information content (AvgIpc) is 2.93. The summed E-state index contributed by atoms with van der Waals surface area (Å²) in [4.78, 5) is 14.4. The molecule has 1 atom stereocenters. The van der Waals surface area contributed by atoms with Gasteiger partial charge >= 0.3 is 0 Å². The summed E-state index contributed by atoms with van der Waals surface area (Å²) in [5.41, 5.74) is 3.92. The zero-order valence-corrected chi connectivity index (χ0v) is 15.4. The second-order valence-electron chi connectivity index (χ2n) is 6.71. The van der Waals surface area contributed by atoms with Gasteiger partial charge in [-0.1, -0.05) is 41.9 Å². The zero-order chi connectivity index (χ0) is 17.6. The van der Waals surface area contributed by atoms with Crippen molar-refractivity contribution < 1.29 is 4.79 Å². The van der Waals surface area contributed by atoms with Crippen molar-refractivity contribution >= 4 is 23.2 Å². The number of anilines is 1. The molecule has 0 aliphatic carbocycles. The molecular weight excluding hydrogens is 332 g/mol. The molecule has 0 saturated carbocycles. The number of amides is 1. The van der Waals surface area contributed by atoms with Gasteiger partial charge in [-0.15, -0.1) is 0 Å². The van der Waals surface area contributed by atoms with Crippen LogP contribution in [0.2, 0.25) is 5.02 Å². The third kappa shape index (κ3) is 4.76. The molecule has 0 aromatic heterocycles. The molecule has 1 N–H and O–H groups in total. The summed E-state index contributed by atoms with van der Waals surface area (Å²) < 4.78 is 0. The number of hydrogen-bond acceptors (Lipinski definition) is 2. The molecule has 2 aromatic rings. The fourth-order valence-corrected chi connectivity index (χ4v) is 3.57. The first-order valence-electron chi connectivity index (χ1n) is 8.99. The van der Waals surface area contributed by atoms with Crippen LogP contribution < -0.4 is 10.2 Å². The van der Waals surface area contributed by atoms with Crippen LogP contribution in [0.1, 0.15) is 30.9 Å². The van der Waals surface area contributed by atoms with E-state index in [1.807, 2.05) is 24.3 Å². The van der Waals surface area contributed by atoms with Gasteiger partial charge in [0.15, 0.2) is 0 Å². The standard InChI is InChI=1S/C21H25ClN2O/c1-16-15-18-5-2-3-6-20(18)24(16)14-4-13-23-21(25)12-9-17-7-10-19(22)11-8-17/h2-3,5-8,10-11,16H,4,9,12-15H2,1H3,(H,23,25). The smallest absolute Gasteiger partial charge is 0.220 e. The van der Waals surface area contributed by atoms with E-state index in [-0.39, 0.29) is 5.91 Å². The largest absolute Gasteiger partial charge is 0.368 e. The van der Waals surface area contributed by atoms with Gasteiger partial charge in [-0.25, -0.2) is 0 Å². The Hall–Kier alpha value is -2.00. The predicted molar refractivity (Wildman–Crippen MR) is 104 cm³/mol. The Kier molecular flexibility index (Phi) is 5.98. The van der Waals surface area contributed by atoms with Gasteiger partial charge in [0.25, 0.3) is 0 Å². The van der Waals surface area contributed by atoms with Gasteiger partial charge < -0.3 is 10.2 Å². The maximum atomic E-state index is 12.0. The minimum absolute atomic E-state index is 0.116. The summed E-state index contributed by atoms with van der Waals surface area (Å²) in [6.07, 6.45) is 3.35. The molecule has 1 heterocycles. The lowest BCUT2D eigenvalue weighted by Gasteiger charge is -2.24. The molecule has 3 nitrogen and oxygen atoms in total. The van der Waals surface area contributed by atoms with E-state index < -0.39 is 0 Å². The number of nitrogens with zero attached hydrogens (tertiary/aromatic N) is 1. The maximum absolute atomic E-state index is 12.0. The van der Waals surface area contributed by atoms with E-state index >= 15 is 0 Å². The number of carbonyl (C=O) groups excluding carboxylic acids is 1. The maximum Gasteiger partial charge on any atom is 0.220 e. The van der Waals surface area contributed by atoms with Gasteiger partial charge in [0.1, 0.15) is 0 Å². The lowest BCUT2D eigenvalue weighted by Crippen LogP contribution is -2.33. The lowest BCUT2D eigenvalue weighted by atomic mass is 10.1. The van der Waals surface area contributed by atoms with Crippen LogP contribution in [0, 0.1) is 0 Å². The van der Waals surface area contributed by atoms with Crippen molar-refractivity contribution in [1.29, 1.82) is 0 Å². The van der Waals surface area contributed by atoms with E-state index in [0.717, 1.165) is 42.9 Å². The molecule has 0 bridgehead atoms. The Bertz CT molecular complexity index is 714. The van der Waals surface area contributed by atoms with Crippen LogP contribution in [0.25, 0.3) is 0 Å². The predicted octanol–water partition coefficient (Wildman–Crippen LogP) is 4.23. The molecule has 132 valence electrons. The number of halogens is 1. The highest BCUT2D eigenvalue weighted by atomic mass is 35.5. The SMILES string of the molecule is CC1Cc2ccccc2N1CCCNC(=O)CCc1ccc(Cl)cc1. The summed E-state index contributed by atoms with van der Waals surface area (Å²) in [7, 11) is 0. The van der Waals surface area contributed by atoms with Crippen LogP contribution >= 0.6 is 11.6 Å². The number of hydrogen-bond donors (Lipinski definition) is 1. The van der Waals surface area contributed by atoms with Gasteiger partial charge in [-0.05, 0) is 55.5 Å². The normalized spacial score (nSPS) is 15.9. The minimum Gasteiger partial charge on any atom is -0.368 e. The van der Waals surface area contributed by atoms with Gasteiger partial charge in [0.05, 0.1) is 0 Å². The highest BCUT2D eigenvalue weighted by molar-refractivity contribution is 6.30. The Morgan fingerprint density at radius 2 is 1.96 bits per heavy atom. The quantitative estimate of drug-likeness (QED) is 0.753. The first-order valence-corrected chi connectivity index (χ1v) is 9.37. The van der Waals surface area contributed by atoms with E-state index in [2.05, 4.69) is 41.4 Å². The van der Waals surface area contributed by atoms with Crippen LogP contribution in [0.3, 0.4) is 0 Å². The molecule has 0 radical (unpaired) electrons. The molecule has 2 aromatic carbocycles. The molecule has 1 amide bonds. The lowest BCUT2D eigenvalue weighted by molar-refractivity contribution is -0.121. The molecule has 1 unspecified atom stereocenters. The number of carbonyl (C=O) groups is 1. The third-order valence-electron chi connectivity index (χ3n) is 4.80. The van der Waals surface area contributed by atoms with E-state index in [1.54, 1.807) is 0 Å². The molecule has 0 fully saturated rings. The van der Waals surface area contributed by atoms with Crippen molar-refractivity contribution in [3.63, 3.8) is 0 Å². The van der Waals surface area contributed by atoms with Crippen LogP contribution in [-0.2, 0) is 17.6 Å². The van der Waals surface area contributed by atoms with Crippen molar-refractivity contribution in [1.82, 2.24) is 5.32 Å². The molecule has 3 rings (SSSR count). The topological polar surface area (TPSA) is 32.3 Å². The molecule has 1 aliphatic rings. The van der Waals surface area contributed by atoms with Crippen molar-refractivity contribution in [3.8, 4) is 0 Å². The summed E-state index contributed by atoms with van der Waals surface area (Å²) in [6, 6.07) is 16.8. The van der Waals surface area contributed by atoms with Gasteiger partial charge in [-0.2, -0.15) is 0 Å². The molecule has 0 spiro atoms. The van der Waals surface area contributed by atoms with Crippen LogP contribution in [0.5, 0.6) is 0 Å². The second kappa shape index (κ2) is 8.39. The first-order chi connectivity index (χ1) is 12.1. The molecular formula is C21H25ClN2O. The summed E-state index contributed by atoms with van der Waals surface area (Å²) in [5.74, 6) is 0.116. The Morgan fingerprint density at radius 1 is 1.20 bits per heavy atom. The van der Waals surface area contributed by atoms with Crippen molar-refractivity contribution in [2.24, 2.45) is 0 Å². The number of rotatable bonds is 7. The van der Waals surface area contributed by atoms with Crippen molar-refractivity contribution in [2.45, 2.75) is 38.6 Å². The van der Waals surface area contributed by atoms with Gasteiger partial charge in [0.2, 0.25) is 5.91 Å². The van der Waals surface area contributed by atoms with Crippen LogP contribution in [0.15, 0.2) is 48.5 Å². The van der Waals surface area contributed by atoms with Gasteiger partial charge in [0, 0.05) is 36.3 Å². The van der Waals surface area contributed by atoms with E-state index in [1.165, 1.54) is 11.3 Å². The van der Waals surface area contributed by atoms with Crippen molar-refractivity contribution in [2.75, 3.05) is 18.0 Å². The number of para-hydroxylation sites is 1. The number of nitrogens with one attached hydrogen (secondary N) is 1. The summed E-state index contributed by atoms with van der Waals surface area (Å²) in [5, 5.41) is 3.76. The Balaban J connectivity index is 1.37. The highest BCUT2D eigenvalue weighted by Crippen LogP contribution is 2.31. The third-order valence-corrected chi connectivity index (χ3v) is 5.05. The fourth-order valence-electron chi connectivity index (χ4n) is 3.44. The minimum atomic E-state index is 0.116. The second-order valence-corrected chi connectivity index (χ2v) is 7.14. The number of aryl methyl sites for hydroxylation is 1. The van der Waals surface area contributed by atoms with E-state index in [0.29, 0.717) is 12.5 Å². The molecule has 1 aliphatic heterocycles. The number of benzene rings is 2. The average molecular weight is 357 g/mol.